The topological polar surface area (TPSA) is 64.0 Å². The van der Waals surface area contributed by atoms with E-state index in [-0.39, 0.29) is 23.3 Å². The van der Waals surface area contributed by atoms with Gasteiger partial charge in [-0.25, -0.2) is 4.98 Å². The van der Waals surface area contributed by atoms with Gasteiger partial charge in [0.1, 0.15) is 0 Å². The first-order valence-electron chi connectivity index (χ1n) is 10.6. The van der Waals surface area contributed by atoms with Crippen molar-refractivity contribution in [1.29, 1.82) is 0 Å². The van der Waals surface area contributed by atoms with E-state index >= 15 is 0 Å². The van der Waals surface area contributed by atoms with Crippen molar-refractivity contribution in [2.24, 2.45) is 0 Å². The molecule has 3 aromatic rings. The van der Waals surface area contributed by atoms with Crippen LogP contribution < -0.4 is 10.9 Å². The molecule has 158 valence electrons. The number of para-hydroxylation sites is 1. The Kier molecular flexibility index (Phi) is 8.08. The van der Waals surface area contributed by atoms with Gasteiger partial charge in [0.05, 0.1) is 16.7 Å². The predicted octanol–water partition coefficient (Wildman–Crippen LogP) is 4.43. The molecule has 30 heavy (non-hydrogen) atoms. The van der Waals surface area contributed by atoms with Crippen molar-refractivity contribution in [2.75, 3.05) is 5.75 Å². The molecule has 0 spiro atoms. The molecule has 0 radical (unpaired) electrons. The summed E-state index contributed by atoms with van der Waals surface area (Å²) >= 11 is 1.33. The van der Waals surface area contributed by atoms with E-state index in [0.717, 1.165) is 25.7 Å². The highest BCUT2D eigenvalue weighted by atomic mass is 32.2. The van der Waals surface area contributed by atoms with Crippen LogP contribution in [0.25, 0.3) is 10.9 Å². The summed E-state index contributed by atoms with van der Waals surface area (Å²) in [6.07, 6.45) is 3.54. The minimum absolute atomic E-state index is 0.0213. The Bertz CT molecular complexity index is 1030. The smallest absolute Gasteiger partial charge is 0.262 e. The first kappa shape index (κ1) is 22.1. The molecule has 1 amide bonds. The molecule has 0 saturated carbocycles. The lowest BCUT2D eigenvalue weighted by atomic mass is 10.1. The first-order chi connectivity index (χ1) is 14.6. The maximum Gasteiger partial charge on any atom is 0.262 e. The second kappa shape index (κ2) is 11.0. The van der Waals surface area contributed by atoms with Gasteiger partial charge in [-0.05, 0) is 43.4 Å². The van der Waals surface area contributed by atoms with Gasteiger partial charge in [0, 0.05) is 12.6 Å². The van der Waals surface area contributed by atoms with Crippen molar-refractivity contribution >= 4 is 28.6 Å². The number of rotatable bonds is 10. The van der Waals surface area contributed by atoms with E-state index < -0.39 is 0 Å². The third-order valence-electron chi connectivity index (χ3n) is 5.20. The summed E-state index contributed by atoms with van der Waals surface area (Å²) in [7, 11) is 0. The van der Waals surface area contributed by atoms with Gasteiger partial charge in [-0.2, -0.15) is 0 Å². The molecular weight excluding hydrogens is 394 g/mol. The number of carbonyl (C=O) groups excluding carboxylic acids is 1. The predicted molar refractivity (Wildman–Crippen MR) is 124 cm³/mol. The van der Waals surface area contributed by atoms with Crippen molar-refractivity contribution in [3.63, 3.8) is 0 Å². The molecule has 0 saturated heterocycles. The Morgan fingerprint density at radius 2 is 1.77 bits per heavy atom. The van der Waals surface area contributed by atoms with Crippen LogP contribution in [0, 0.1) is 0 Å². The van der Waals surface area contributed by atoms with Crippen LogP contribution in [-0.4, -0.2) is 27.3 Å². The summed E-state index contributed by atoms with van der Waals surface area (Å²) in [6, 6.07) is 17.8. The van der Waals surface area contributed by atoms with Gasteiger partial charge < -0.3 is 5.32 Å². The third-order valence-corrected chi connectivity index (χ3v) is 6.18. The van der Waals surface area contributed by atoms with Gasteiger partial charge >= 0.3 is 0 Å². The lowest BCUT2D eigenvalue weighted by Gasteiger charge is -2.16. The molecule has 1 N–H and O–H groups in total. The maximum absolute atomic E-state index is 13.1. The summed E-state index contributed by atoms with van der Waals surface area (Å²) in [4.78, 5) is 30.2. The van der Waals surface area contributed by atoms with Crippen molar-refractivity contribution < 1.29 is 4.79 Å². The lowest BCUT2D eigenvalue weighted by Crippen LogP contribution is -2.35. The van der Waals surface area contributed by atoms with E-state index in [9.17, 15) is 9.59 Å². The fourth-order valence-corrected chi connectivity index (χ4v) is 4.27. The molecule has 1 heterocycles. The monoisotopic (exact) mass is 423 g/mol. The number of thioether (sulfide) groups is 1. The third kappa shape index (κ3) is 5.72. The molecule has 0 bridgehead atoms. The van der Waals surface area contributed by atoms with Crippen molar-refractivity contribution in [3.8, 4) is 0 Å². The molecule has 0 unspecified atom stereocenters. The second-order valence-electron chi connectivity index (χ2n) is 7.33. The van der Waals surface area contributed by atoms with Gasteiger partial charge in [-0.15, -0.1) is 0 Å². The number of nitrogens with zero attached hydrogens (tertiary/aromatic N) is 2. The molecule has 3 rings (SSSR count). The minimum atomic E-state index is -0.0448. The van der Waals surface area contributed by atoms with Crippen LogP contribution in [0.1, 0.15) is 38.7 Å². The molecule has 0 aliphatic carbocycles. The molecule has 1 aromatic heterocycles. The van der Waals surface area contributed by atoms with Crippen LogP contribution in [0.15, 0.2) is 64.5 Å². The highest BCUT2D eigenvalue weighted by Crippen LogP contribution is 2.18. The SMILES string of the molecule is CCC(CC)NC(=O)CSc1nc2ccccc2c(=O)n1CCCc1ccccc1. The zero-order valence-corrected chi connectivity index (χ0v) is 18.5. The molecule has 0 aliphatic heterocycles. The Labute approximate surface area is 181 Å². The zero-order valence-electron chi connectivity index (χ0n) is 17.6. The summed E-state index contributed by atoms with van der Waals surface area (Å²) in [5.74, 6) is 0.229. The number of benzene rings is 2. The number of carbonyl (C=O) groups is 1. The number of aryl methyl sites for hydroxylation is 1. The fraction of sp³-hybridized carbons (Fsp3) is 0.375. The first-order valence-corrected chi connectivity index (χ1v) is 11.6. The number of hydrogen-bond acceptors (Lipinski definition) is 4. The maximum atomic E-state index is 13.1. The lowest BCUT2D eigenvalue weighted by molar-refractivity contribution is -0.119. The van der Waals surface area contributed by atoms with E-state index in [1.807, 2.05) is 42.5 Å². The van der Waals surface area contributed by atoms with Crippen LogP contribution in [0.2, 0.25) is 0 Å². The average Bonchev–Trinajstić information content (AvgIpc) is 2.78. The van der Waals surface area contributed by atoms with Crippen LogP contribution in [0.4, 0.5) is 0 Å². The number of fused-ring (bicyclic) bond motifs is 1. The van der Waals surface area contributed by atoms with Gasteiger partial charge in [0.25, 0.3) is 5.56 Å². The standard InChI is InChI=1S/C24H29N3O2S/c1-3-19(4-2)25-22(28)17-30-24-26-21-15-9-8-14-20(21)23(29)27(24)16-10-13-18-11-6-5-7-12-18/h5-9,11-12,14-15,19H,3-4,10,13,16-17H2,1-2H3,(H,25,28). The van der Waals surface area contributed by atoms with Crippen LogP contribution in [-0.2, 0) is 17.8 Å². The number of amides is 1. The van der Waals surface area contributed by atoms with Gasteiger partial charge in [-0.1, -0.05) is 68.1 Å². The Balaban J connectivity index is 1.78. The second-order valence-corrected chi connectivity index (χ2v) is 8.27. The van der Waals surface area contributed by atoms with E-state index in [2.05, 4.69) is 31.3 Å². The summed E-state index contributed by atoms with van der Waals surface area (Å²) in [6.45, 7) is 4.70. The largest absolute Gasteiger partial charge is 0.353 e. The highest BCUT2D eigenvalue weighted by Gasteiger charge is 2.14. The number of nitrogens with one attached hydrogen (secondary N) is 1. The normalized spacial score (nSPS) is 11.2. The molecule has 2 aromatic carbocycles. The molecular formula is C24H29N3O2S. The van der Waals surface area contributed by atoms with Gasteiger partial charge in [-0.3, -0.25) is 14.2 Å². The fourth-order valence-electron chi connectivity index (χ4n) is 3.43. The van der Waals surface area contributed by atoms with Gasteiger partial charge in [0.2, 0.25) is 5.91 Å². The number of hydrogen-bond donors (Lipinski definition) is 1. The van der Waals surface area contributed by atoms with E-state index in [1.165, 1.54) is 17.3 Å². The molecule has 5 nitrogen and oxygen atoms in total. The van der Waals surface area contributed by atoms with Crippen LogP contribution in [0.3, 0.4) is 0 Å². The molecule has 6 heteroatoms. The summed E-state index contributed by atoms with van der Waals surface area (Å²) in [5, 5.41) is 4.26. The van der Waals surface area contributed by atoms with Crippen LogP contribution >= 0.6 is 11.8 Å². The minimum Gasteiger partial charge on any atom is -0.353 e. The van der Waals surface area contributed by atoms with E-state index in [4.69, 9.17) is 4.98 Å². The summed E-state index contributed by atoms with van der Waals surface area (Å²) in [5.41, 5.74) is 1.87. The highest BCUT2D eigenvalue weighted by molar-refractivity contribution is 7.99. The molecule has 0 fully saturated rings. The molecule has 0 atom stereocenters. The number of aromatic nitrogens is 2. The van der Waals surface area contributed by atoms with E-state index in [1.54, 1.807) is 4.57 Å². The summed E-state index contributed by atoms with van der Waals surface area (Å²) < 4.78 is 1.72. The average molecular weight is 424 g/mol. The Morgan fingerprint density at radius 3 is 2.50 bits per heavy atom. The van der Waals surface area contributed by atoms with Crippen LogP contribution in [0.5, 0.6) is 0 Å². The van der Waals surface area contributed by atoms with Gasteiger partial charge in [0.15, 0.2) is 5.16 Å². The zero-order chi connectivity index (χ0) is 21.3. The Hall–Kier alpha value is -2.60. The quantitative estimate of drug-likeness (QED) is 0.387. The van der Waals surface area contributed by atoms with Crippen molar-refractivity contribution in [1.82, 2.24) is 14.9 Å². The molecule has 0 aliphatic rings. The van der Waals surface area contributed by atoms with E-state index in [0.29, 0.717) is 22.6 Å². The Morgan fingerprint density at radius 1 is 1.07 bits per heavy atom. The van der Waals surface area contributed by atoms with Crippen molar-refractivity contribution in [3.05, 3.63) is 70.5 Å². The van der Waals surface area contributed by atoms with Crippen molar-refractivity contribution in [2.45, 2.75) is 57.3 Å².